The van der Waals surface area contributed by atoms with Crippen LogP contribution in [0.25, 0.3) is 10.8 Å². The summed E-state index contributed by atoms with van der Waals surface area (Å²) in [5.74, 6) is 2.40. The van der Waals surface area contributed by atoms with Crippen LogP contribution in [-0.2, 0) is 6.42 Å². The summed E-state index contributed by atoms with van der Waals surface area (Å²) in [7, 11) is 3.26. The van der Waals surface area contributed by atoms with Gasteiger partial charge in [0.15, 0.2) is 11.5 Å². The molecular formula is C14H16O3. The van der Waals surface area contributed by atoms with Gasteiger partial charge in [-0.1, -0.05) is 6.08 Å². The van der Waals surface area contributed by atoms with Crippen molar-refractivity contribution >= 4 is 10.8 Å². The number of aryl methyl sites for hydroxylation is 1. The smallest absolute Gasteiger partial charge is 0.161 e. The molecule has 1 aromatic carbocycles. The van der Waals surface area contributed by atoms with E-state index >= 15 is 0 Å². The van der Waals surface area contributed by atoms with Crippen LogP contribution in [0.3, 0.4) is 0 Å². The van der Waals surface area contributed by atoms with Gasteiger partial charge >= 0.3 is 0 Å². The van der Waals surface area contributed by atoms with Crippen molar-refractivity contribution < 1.29 is 13.9 Å². The number of benzene rings is 1. The molecule has 0 radical (unpaired) electrons. The molecule has 0 bridgehead atoms. The van der Waals surface area contributed by atoms with Gasteiger partial charge in [-0.25, -0.2) is 0 Å². The highest BCUT2D eigenvalue weighted by Gasteiger charge is 2.11. The summed E-state index contributed by atoms with van der Waals surface area (Å²) in [6, 6.07) is 3.88. The highest BCUT2D eigenvalue weighted by molar-refractivity contribution is 5.87. The standard InChI is InChI=1S/C14H16O3/c1-4-5-6-12-11-8-14(16-3)13(15-2)7-10(11)9-17-12/h4,7-9H,1,5-6H2,2-3H3. The Morgan fingerprint density at radius 2 is 1.94 bits per heavy atom. The van der Waals surface area contributed by atoms with Gasteiger partial charge in [-0.2, -0.15) is 0 Å². The third-order valence-electron chi connectivity index (χ3n) is 2.76. The van der Waals surface area contributed by atoms with Crippen LogP contribution in [-0.4, -0.2) is 14.2 Å². The van der Waals surface area contributed by atoms with Crippen LogP contribution in [0.4, 0.5) is 0 Å². The van der Waals surface area contributed by atoms with Crippen LogP contribution in [0, 0.1) is 0 Å². The topological polar surface area (TPSA) is 31.6 Å². The minimum atomic E-state index is 0.719. The van der Waals surface area contributed by atoms with Gasteiger partial charge in [0, 0.05) is 17.2 Å². The first-order valence-corrected chi connectivity index (χ1v) is 5.53. The maximum Gasteiger partial charge on any atom is 0.161 e. The number of allylic oxidation sites excluding steroid dienone is 1. The van der Waals surface area contributed by atoms with Crippen LogP contribution in [0.1, 0.15) is 12.2 Å². The van der Waals surface area contributed by atoms with E-state index in [2.05, 4.69) is 6.58 Å². The van der Waals surface area contributed by atoms with Crippen LogP contribution >= 0.6 is 0 Å². The van der Waals surface area contributed by atoms with Crippen LogP contribution in [0.5, 0.6) is 11.5 Å². The largest absolute Gasteiger partial charge is 0.493 e. The van der Waals surface area contributed by atoms with Crippen molar-refractivity contribution in [3.05, 3.63) is 36.8 Å². The Balaban J connectivity index is 2.48. The molecule has 90 valence electrons. The molecule has 0 atom stereocenters. The van der Waals surface area contributed by atoms with Gasteiger partial charge in [-0.15, -0.1) is 6.58 Å². The fourth-order valence-electron chi connectivity index (χ4n) is 1.86. The lowest BCUT2D eigenvalue weighted by molar-refractivity contribution is 0.356. The second kappa shape index (κ2) is 4.95. The number of furan rings is 1. The predicted molar refractivity (Wildman–Crippen MR) is 67.8 cm³/mol. The molecule has 17 heavy (non-hydrogen) atoms. The Bertz CT molecular complexity index is 525. The Labute approximate surface area is 101 Å². The first kappa shape index (κ1) is 11.6. The summed E-state index contributed by atoms with van der Waals surface area (Å²) in [6.07, 6.45) is 5.38. The summed E-state index contributed by atoms with van der Waals surface area (Å²) < 4.78 is 16.1. The Morgan fingerprint density at radius 3 is 2.59 bits per heavy atom. The first-order chi connectivity index (χ1) is 8.30. The molecule has 0 aliphatic rings. The second-order valence-electron chi connectivity index (χ2n) is 3.78. The van der Waals surface area contributed by atoms with E-state index in [0.29, 0.717) is 0 Å². The molecule has 0 spiro atoms. The molecule has 1 heterocycles. The molecule has 3 heteroatoms. The monoisotopic (exact) mass is 232 g/mol. The molecule has 0 amide bonds. The fourth-order valence-corrected chi connectivity index (χ4v) is 1.86. The zero-order valence-corrected chi connectivity index (χ0v) is 10.2. The van der Waals surface area contributed by atoms with Gasteiger partial charge in [0.1, 0.15) is 5.76 Å². The molecule has 3 nitrogen and oxygen atoms in total. The van der Waals surface area contributed by atoms with Crippen molar-refractivity contribution in [2.45, 2.75) is 12.8 Å². The molecule has 0 saturated heterocycles. The lowest BCUT2D eigenvalue weighted by Gasteiger charge is -2.07. The number of rotatable bonds is 5. The number of hydrogen-bond acceptors (Lipinski definition) is 3. The summed E-state index contributed by atoms with van der Waals surface area (Å²) in [5, 5.41) is 2.10. The van der Waals surface area contributed by atoms with Gasteiger partial charge in [0.2, 0.25) is 0 Å². The quantitative estimate of drug-likeness (QED) is 0.738. The van der Waals surface area contributed by atoms with Crippen molar-refractivity contribution in [2.75, 3.05) is 14.2 Å². The highest BCUT2D eigenvalue weighted by Crippen LogP contribution is 2.34. The molecule has 0 aliphatic heterocycles. The number of methoxy groups -OCH3 is 2. The molecule has 0 fully saturated rings. The van der Waals surface area contributed by atoms with E-state index in [1.165, 1.54) is 0 Å². The Hall–Kier alpha value is -1.90. The normalized spacial score (nSPS) is 10.5. The molecular weight excluding hydrogens is 216 g/mol. The second-order valence-corrected chi connectivity index (χ2v) is 3.78. The summed E-state index contributed by atoms with van der Waals surface area (Å²) in [6.45, 7) is 3.71. The zero-order chi connectivity index (χ0) is 12.3. The Kier molecular flexibility index (Phi) is 3.38. The third-order valence-corrected chi connectivity index (χ3v) is 2.76. The summed E-state index contributed by atoms with van der Waals surface area (Å²) in [4.78, 5) is 0. The Morgan fingerprint density at radius 1 is 1.24 bits per heavy atom. The van der Waals surface area contributed by atoms with Crippen molar-refractivity contribution in [3.63, 3.8) is 0 Å². The first-order valence-electron chi connectivity index (χ1n) is 5.53. The highest BCUT2D eigenvalue weighted by atomic mass is 16.5. The molecule has 1 aromatic heterocycles. The molecule has 2 aromatic rings. The SMILES string of the molecule is C=CCCc1occ2cc(OC)c(OC)cc12. The van der Waals surface area contributed by atoms with Gasteiger partial charge in [0.25, 0.3) is 0 Å². The number of hydrogen-bond donors (Lipinski definition) is 0. The van der Waals surface area contributed by atoms with E-state index in [4.69, 9.17) is 13.9 Å². The van der Waals surface area contributed by atoms with Crippen LogP contribution in [0.2, 0.25) is 0 Å². The molecule has 0 unspecified atom stereocenters. The fraction of sp³-hybridized carbons (Fsp3) is 0.286. The van der Waals surface area contributed by atoms with Crippen molar-refractivity contribution in [1.82, 2.24) is 0 Å². The zero-order valence-electron chi connectivity index (χ0n) is 10.2. The van der Waals surface area contributed by atoms with Gasteiger partial charge in [0.05, 0.1) is 20.5 Å². The molecule has 0 saturated carbocycles. The lowest BCUT2D eigenvalue weighted by Crippen LogP contribution is -1.90. The van der Waals surface area contributed by atoms with Crippen molar-refractivity contribution in [2.24, 2.45) is 0 Å². The molecule has 0 N–H and O–H groups in total. The maximum absolute atomic E-state index is 5.56. The molecule has 0 aliphatic carbocycles. The average molecular weight is 232 g/mol. The average Bonchev–Trinajstić information content (AvgIpc) is 2.76. The van der Waals surface area contributed by atoms with E-state index in [1.54, 1.807) is 20.5 Å². The number of fused-ring (bicyclic) bond motifs is 1. The van der Waals surface area contributed by atoms with E-state index in [-0.39, 0.29) is 0 Å². The van der Waals surface area contributed by atoms with E-state index < -0.39 is 0 Å². The van der Waals surface area contributed by atoms with Crippen molar-refractivity contribution in [1.29, 1.82) is 0 Å². The summed E-state index contributed by atoms with van der Waals surface area (Å²) >= 11 is 0. The van der Waals surface area contributed by atoms with Crippen LogP contribution in [0.15, 0.2) is 35.5 Å². The van der Waals surface area contributed by atoms with Crippen molar-refractivity contribution in [3.8, 4) is 11.5 Å². The van der Waals surface area contributed by atoms with Gasteiger partial charge < -0.3 is 13.9 Å². The van der Waals surface area contributed by atoms with Gasteiger partial charge in [-0.05, 0) is 18.6 Å². The predicted octanol–water partition coefficient (Wildman–Crippen LogP) is 3.57. The molecule has 2 rings (SSSR count). The van der Waals surface area contributed by atoms with Gasteiger partial charge in [-0.3, -0.25) is 0 Å². The lowest BCUT2D eigenvalue weighted by atomic mass is 10.1. The van der Waals surface area contributed by atoms with Crippen LogP contribution < -0.4 is 9.47 Å². The maximum atomic E-state index is 5.56. The minimum Gasteiger partial charge on any atom is -0.493 e. The summed E-state index contributed by atoms with van der Waals surface area (Å²) in [5.41, 5.74) is 0. The van der Waals surface area contributed by atoms with E-state index in [1.807, 2.05) is 18.2 Å². The minimum absolute atomic E-state index is 0.719. The number of ether oxygens (including phenoxy) is 2. The van der Waals surface area contributed by atoms with E-state index in [0.717, 1.165) is 40.9 Å². The van der Waals surface area contributed by atoms with E-state index in [9.17, 15) is 0 Å². The third kappa shape index (κ3) is 2.13.